The van der Waals surface area contributed by atoms with E-state index in [4.69, 9.17) is 0 Å². The molecule has 0 aromatic rings. The quantitative estimate of drug-likeness (QED) is 0.604. The molecule has 0 rings (SSSR count). The van der Waals surface area contributed by atoms with Gasteiger partial charge in [-0.2, -0.15) is 0 Å². The van der Waals surface area contributed by atoms with Gasteiger partial charge in [0, 0.05) is 6.92 Å². The van der Waals surface area contributed by atoms with Crippen LogP contribution in [0, 0.1) is 0 Å². The minimum Gasteiger partial charge on any atom is -0.370 e. The van der Waals surface area contributed by atoms with Crippen LogP contribution in [-0.4, -0.2) is 5.91 Å². The molecule has 1 amide bonds. The highest BCUT2D eigenvalue weighted by molar-refractivity contribution is 5.70. The molecule has 0 aliphatic carbocycles. The molecule has 0 saturated heterocycles. The van der Waals surface area contributed by atoms with Gasteiger partial charge in [0.1, 0.15) is 0 Å². The van der Waals surface area contributed by atoms with E-state index >= 15 is 0 Å². The van der Waals surface area contributed by atoms with E-state index in [1.165, 1.54) is 6.92 Å². The topological polar surface area (TPSA) is 43.1 Å². The van der Waals surface area contributed by atoms with Crippen LogP contribution in [0.25, 0.3) is 0 Å². The van der Waals surface area contributed by atoms with E-state index in [-0.39, 0.29) is 5.91 Å². The Labute approximate surface area is 68.1 Å². The van der Waals surface area contributed by atoms with Crippen LogP contribution in [0.2, 0.25) is 0 Å². The van der Waals surface area contributed by atoms with Crippen molar-refractivity contribution in [1.29, 1.82) is 0 Å². The van der Waals surface area contributed by atoms with Crippen LogP contribution in [0.15, 0.2) is 37.0 Å². The van der Waals surface area contributed by atoms with Crippen molar-refractivity contribution in [2.45, 2.75) is 13.8 Å². The van der Waals surface area contributed by atoms with Gasteiger partial charge in [-0.15, -0.1) is 0 Å². The molecule has 62 valence electrons. The third kappa shape index (κ3) is 28.6. The Bertz CT molecular complexity index is 164. The molecule has 0 saturated carbocycles. The predicted molar refractivity (Wildman–Crippen MR) is 49.0 cm³/mol. The number of primary amides is 1. The molecule has 0 fully saturated rings. The Hall–Kier alpha value is -1.31. The van der Waals surface area contributed by atoms with Crippen molar-refractivity contribution < 1.29 is 4.79 Å². The normalized spacial score (nSPS) is 9.09. The number of allylic oxidation sites excluding steroid dienone is 4. The van der Waals surface area contributed by atoms with Crippen LogP contribution in [-0.2, 0) is 4.79 Å². The minimum atomic E-state index is -0.333. The summed E-state index contributed by atoms with van der Waals surface area (Å²) in [6, 6.07) is 0. The zero-order valence-electron chi connectivity index (χ0n) is 7.13. The second-order valence-corrected chi connectivity index (χ2v) is 1.96. The van der Waals surface area contributed by atoms with Gasteiger partial charge in [0.05, 0.1) is 0 Å². The Kier molecular flexibility index (Phi) is 9.78. The smallest absolute Gasteiger partial charge is 0.214 e. The molecule has 0 heterocycles. The van der Waals surface area contributed by atoms with Gasteiger partial charge >= 0.3 is 0 Å². The fourth-order valence-corrected chi connectivity index (χ4v) is 0.254. The Balaban J connectivity index is 0. The number of nitrogens with two attached hydrogens (primary N) is 1. The van der Waals surface area contributed by atoms with Gasteiger partial charge in [-0.1, -0.05) is 37.0 Å². The summed E-state index contributed by atoms with van der Waals surface area (Å²) in [4.78, 5) is 9.22. The van der Waals surface area contributed by atoms with Gasteiger partial charge < -0.3 is 5.73 Å². The van der Waals surface area contributed by atoms with Crippen molar-refractivity contribution in [3.05, 3.63) is 37.0 Å². The van der Waals surface area contributed by atoms with Gasteiger partial charge in [-0.25, -0.2) is 0 Å². The standard InChI is InChI=1S/C7H10.C2H5NO/c1-4-6-7(3)5-2;1-2(3)4/h4-6H,1-2H2,3H3;1H3,(H2,3,4)/b7-6-;. The van der Waals surface area contributed by atoms with Crippen LogP contribution in [0.5, 0.6) is 0 Å². The average molecular weight is 153 g/mol. The number of rotatable bonds is 2. The second-order valence-electron chi connectivity index (χ2n) is 1.96. The largest absolute Gasteiger partial charge is 0.370 e. The highest BCUT2D eigenvalue weighted by Crippen LogP contribution is 1.90. The molecule has 0 aromatic heterocycles. The molecule has 11 heavy (non-hydrogen) atoms. The Morgan fingerprint density at radius 1 is 1.36 bits per heavy atom. The summed E-state index contributed by atoms with van der Waals surface area (Å²) < 4.78 is 0. The van der Waals surface area contributed by atoms with Gasteiger partial charge in [0.2, 0.25) is 5.91 Å². The molecule has 2 N–H and O–H groups in total. The van der Waals surface area contributed by atoms with Crippen molar-refractivity contribution in [2.75, 3.05) is 0 Å². The van der Waals surface area contributed by atoms with Crippen LogP contribution < -0.4 is 5.73 Å². The van der Waals surface area contributed by atoms with E-state index in [0.29, 0.717) is 0 Å². The van der Waals surface area contributed by atoms with Gasteiger partial charge in [0.25, 0.3) is 0 Å². The average Bonchev–Trinajstić information content (AvgIpc) is 1.87. The van der Waals surface area contributed by atoms with E-state index in [9.17, 15) is 4.79 Å². The van der Waals surface area contributed by atoms with Gasteiger partial charge in [0.15, 0.2) is 0 Å². The summed E-state index contributed by atoms with van der Waals surface area (Å²) in [6.07, 6.45) is 5.45. The van der Waals surface area contributed by atoms with Crippen molar-refractivity contribution >= 4 is 5.91 Å². The first-order valence-corrected chi connectivity index (χ1v) is 3.22. The first kappa shape index (κ1) is 12.4. The SMILES string of the molecule is C=C/C=C(/C)C=C.CC(N)=O. The van der Waals surface area contributed by atoms with E-state index < -0.39 is 0 Å². The lowest BCUT2D eigenvalue weighted by atomic mass is 10.3. The van der Waals surface area contributed by atoms with E-state index in [0.717, 1.165) is 5.57 Å². The van der Waals surface area contributed by atoms with Crippen LogP contribution in [0.1, 0.15) is 13.8 Å². The number of carbonyl (C=O) groups excluding carboxylic acids is 1. The third-order valence-corrected chi connectivity index (χ3v) is 0.703. The number of hydrogen-bond donors (Lipinski definition) is 1. The lowest BCUT2D eigenvalue weighted by Crippen LogP contribution is -2.01. The number of carbonyl (C=O) groups is 1. The Morgan fingerprint density at radius 3 is 1.82 bits per heavy atom. The number of amides is 1. The molecule has 0 aromatic carbocycles. The van der Waals surface area contributed by atoms with Crippen LogP contribution in [0.3, 0.4) is 0 Å². The zero-order chi connectivity index (χ0) is 9.28. The summed E-state index contributed by atoms with van der Waals surface area (Å²) in [5.74, 6) is -0.333. The maximum absolute atomic E-state index is 9.22. The van der Waals surface area contributed by atoms with Crippen molar-refractivity contribution in [2.24, 2.45) is 5.73 Å². The maximum Gasteiger partial charge on any atom is 0.214 e. The van der Waals surface area contributed by atoms with Crippen molar-refractivity contribution in [1.82, 2.24) is 0 Å². The summed E-state index contributed by atoms with van der Waals surface area (Å²) in [7, 11) is 0. The van der Waals surface area contributed by atoms with Gasteiger partial charge in [-0.3, -0.25) is 4.79 Å². The fraction of sp³-hybridized carbons (Fsp3) is 0.222. The molecule has 0 bridgehead atoms. The molecule has 2 heteroatoms. The van der Waals surface area contributed by atoms with Crippen LogP contribution in [0.4, 0.5) is 0 Å². The summed E-state index contributed by atoms with van der Waals surface area (Å²) in [5.41, 5.74) is 5.62. The second kappa shape index (κ2) is 8.69. The van der Waals surface area contributed by atoms with E-state index in [2.05, 4.69) is 18.9 Å². The van der Waals surface area contributed by atoms with Crippen molar-refractivity contribution in [3.63, 3.8) is 0 Å². The molecule has 0 spiro atoms. The first-order valence-electron chi connectivity index (χ1n) is 3.22. The minimum absolute atomic E-state index is 0.333. The lowest BCUT2D eigenvalue weighted by Gasteiger charge is -1.80. The predicted octanol–water partition coefficient (Wildman–Crippen LogP) is 1.80. The summed E-state index contributed by atoms with van der Waals surface area (Å²) in [6.45, 7) is 10.4. The maximum atomic E-state index is 9.22. The molecule has 0 aliphatic rings. The fourth-order valence-electron chi connectivity index (χ4n) is 0.254. The zero-order valence-corrected chi connectivity index (χ0v) is 7.13. The molecule has 0 radical (unpaired) electrons. The summed E-state index contributed by atoms with van der Waals surface area (Å²) in [5, 5.41) is 0. The molecular weight excluding hydrogens is 138 g/mol. The number of hydrogen-bond acceptors (Lipinski definition) is 1. The molecule has 0 unspecified atom stereocenters. The first-order chi connectivity index (χ1) is 5.04. The lowest BCUT2D eigenvalue weighted by molar-refractivity contribution is -0.115. The molecule has 0 atom stereocenters. The highest BCUT2D eigenvalue weighted by atomic mass is 16.1. The third-order valence-electron chi connectivity index (χ3n) is 0.703. The summed E-state index contributed by atoms with van der Waals surface area (Å²) >= 11 is 0. The Morgan fingerprint density at radius 2 is 1.73 bits per heavy atom. The monoisotopic (exact) mass is 153 g/mol. The molecular formula is C9H15NO. The highest BCUT2D eigenvalue weighted by Gasteiger charge is 1.68. The molecule has 0 aliphatic heterocycles. The van der Waals surface area contributed by atoms with Crippen LogP contribution >= 0.6 is 0 Å². The van der Waals surface area contributed by atoms with E-state index in [1.807, 2.05) is 13.0 Å². The molecule has 2 nitrogen and oxygen atoms in total. The van der Waals surface area contributed by atoms with Gasteiger partial charge in [-0.05, 0) is 6.92 Å². The van der Waals surface area contributed by atoms with Crippen molar-refractivity contribution in [3.8, 4) is 0 Å². The van der Waals surface area contributed by atoms with E-state index in [1.54, 1.807) is 12.2 Å².